The molecule has 0 atom stereocenters. The minimum atomic E-state index is -3.43. The van der Waals surface area contributed by atoms with Gasteiger partial charge in [-0.3, -0.25) is 0 Å². The highest BCUT2D eigenvalue weighted by molar-refractivity contribution is 7.89. The first-order chi connectivity index (χ1) is 14.3. The molecule has 3 rings (SSSR count). The smallest absolute Gasteiger partial charge is 0.222 e. The number of ether oxygens (including phenoxy) is 1. The van der Waals surface area contributed by atoms with Crippen LogP contribution in [-0.4, -0.2) is 34.1 Å². The molecule has 0 saturated heterocycles. The molecule has 8 nitrogen and oxygen atoms in total. The number of halogens is 1. The number of nitrogens with two attached hydrogens (primary N) is 1. The zero-order valence-electron chi connectivity index (χ0n) is 16.5. The lowest BCUT2D eigenvalue weighted by atomic mass is 10.1. The van der Waals surface area contributed by atoms with Crippen LogP contribution in [-0.2, 0) is 29.3 Å². The summed E-state index contributed by atoms with van der Waals surface area (Å²) in [6.07, 6.45) is 5.51. The first kappa shape index (κ1) is 22.1. The van der Waals surface area contributed by atoms with Crippen molar-refractivity contribution in [1.82, 2.24) is 19.9 Å². The van der Waals surface area contributed by atoms with Crippen molar-refractivity contribution in [2.75, 3.05) is 5.75 Å². The fourth-order valence-electron chi connectivity index (χ4n) is 2.81. The van der Waals surface area contributed by atoms with Gasteiger partial charge in [0.05, 0.1) is 10.8 Å². The van der Waals surface area contributed by atoms with Gasteiger partial charge in [0.25, 0.3) is 0 Å². The SMILES string of the molecule is Cc1nc(CCc2ncc(Cl)cn2)cc(Oc2ccc(CCCS(N)(=O)=O)cc2)n1. The van der Waals surface area contributed by atoms with Crippen LogP contribution in [0.2, 0.25) is 5.02 Å². The van der Waals surface area contributed by atoms with E-state index in [9.17, 15) is 8.42 Å². The summed E-state index contributed by atoms with van der Waals surface area (Å²) in [6.45, 7) is 1.81. The molecule has 0 unspecified atom stereocenters. The Labute approximate surface area is 180 Å². The molecule has 0 spiro atoms. The Bertz CT molecular complexity index is 1090. The Morgan fingerprint density at radius 2 is 1.73 bits per heavy atom. The quantitative estimate of drug-likeness (QED) is 0.535. The predicted molar refractivity (Wildman–Crippen MR) is 114 cm³/mol. The van der Waals surface area contributed by atoms with E-state index in [0.29, 0.717) is 54.0 Å². The monoisotopic (exact) mass is 447 g/mol. The van der Waals surface area contributed by atoms with Gasteiger partial charge in [0.2, 0.25) is 15.9 Å². The third-order valence-corrected chi connectivity index (χ3v) is 5.24. The molecule has 0 fully saturated rings. The van der Waals surface area contributed by atoms with Gasteiger partial charge in [-0.25, -0.2) is 28.5 Å². The van der Waals surface area contributed by atoms with E-state index < -0.39 is 10.0 Å². The number of hydrogen-bond donors (Lipinski definition) is 1. The molecule has 10 heteroatoms. The van der Waals surface area contributed by atoms with Crippen molar-refractivity contribution in [2.24, 2.45) is 5.14 Å². The summed E-state index contributed by atoms with van der Waals surface area (Å²) in [6, 6.07) is 9.23. The van der Waals surface area contributed by atoms with Crippen LogP contribution in [0.4, 0.5) is 0 Å². The van der Waals surface area contributed by atoms with Crippen molar-refractivity contribution >= 4 is 21.6 Å². The van der Waals surface area contributed by atoms with Crippen LogP contribution in [0.3, 0.4) is 0 Å². The third kappa shape index (κ3) is 7.33. The number of nitrogens with zero attached hydrogens (tertiary/aromatic N) is 4. The summed E-state index contributed by atoms with van der Waals surface area (Å²) in [5.41, 5.74) is 1.84. The summed E-state index contributed by atoms with van der Waals surface area (Å²) in [4.78, 5) is 17.2. The zero-order chi connectivity index (χ0) is 21.6. The van der Waals surface area contributed by atoms with E-state index in [2.05, 4.69) is 19.9 Å². The van der Waals surface area contributed by atoms with E-state index in [4.69, 9.17) is 21.5 Å². The molecule has 30 heavy (non-hydrogen) atoms. The van der Waals surface area contributed by atoms with Gasteiger partial charge in [0.1, 0.15) is 17.4 Å². The minimum Gasteiger partial charge on any atom is -0.439 e. The average Bonchev–Trinajstić information content (AvgIpc) is 2.68. The van der Waals surface area contributed by atoms with Gasteiger partial charge in [-0.2, -0.15) is 4.98 Å². The molecule has 0 amide bonds. The molecular weight excluding hydrogens is 426 g/mol. The number of aromatic nitrogens is 4. The van der Waals surface area contributed by atoms with Crippen molar-refractivity contribution in [1.29, 1.82) is 0 Å². The largest absolute Gasteiger partial charge is 0.439 e. The van der Waals surface area contributed by atoms with E-state index in [1.165, 1.54) is 0 Å². The van der Waals surface area contributed by atoms with Crippen LogP contribution >= 0.6 is 11.6 Å². The van der Waals surface area contributed by atoms with Gasteiger partial charge in [-0.15, -0.1) is 0 Å². The molecule has 0 aliphatic heterocycles. The number of hydrogen-bond acceptors (Lipinski definition) is 7. The average molecular weight is 448 g/mol. The number of sulfonamides is 1. The minimum absolute atomic E-state index is 0.0324. The van der Waals surface area contributed by atoms with E-state index in [-0.39, 0.29) is 5.75 Å². The molecule has 2 aromatic heterocycles. The second-order valence-corrected chi connectivity index (χ2v) is 8.95. The number of rotatable bonds is 9. The lowest BCUT2D eigenvalue weighted by Crippen LogP contribution is -2.16. The third-order valence-electron chi connectivity index (χ3n) is 4.19. The molecule has 1 aromatic carbocycles. The van der Waals surface area contributed by atoms with Crippen molar-refractivity contribution in [3.05, 3.63) is 70.7 Å². The van der Waals surface area contributed by atoms with Gasteiger partial charge in [-0.1, -0.05) is 23.7 Å². The first-order valence-corrected chi connectivity index (χ1v) is 11.4. The molecule has 0 saturated carbocycles. The lowest BCUT2D eigenvalue weighted by molar-refractivity contribution is 0.458. The molecule has 158 valence electrons. The summed E-state index contributed by atoms with van der Waals surface area (Å²) in [5, 5.41) is 5.52. The van der Waals surface area contributed by atoms with Gasteiger partial charge < -0.3 is 4.74 Å². The zero-order valence-corrected chi connectivity index (χ0v) is 18.0. The standard InChI is InChI=1S/C20H22ClN5O3S/c1-14-25-17(6-9-19-23-12-16(21)13-24-19)11-20(26-14)29-18-7-4-15(5-8-18)3-2-10-30(22,27)28/h4-5,7-8,11-13H,2-3,6,9-10H2,1H3,(H2,22,27,28). The van der Waals surface area contributed by atoms with E-state index >= 15 is 0 Å². The van der Waals surface area contributed by atoms with E-state index in [0.717, 1.165) is 11.3 Å². The maximum absolute atomic E-state index is 11.0. The van der Waals surface area contributed by atoms with Crippen LogP contribution in [0.5, 0.6) is 11.6 Å². The second-order valence-electron chi connectivity index (χ2n) is 6.78. The molecule has 0 aliphatic rings. The predicted octanol–water partition coefficient (Wildman–Crippen LogP) is 3.03. The summed E-state index contributed by atoms with van der Waals surface area (Å²) >= 11 is 5.81. The highest BCUT2D eigenvalue weighted by Crippen LogP contribution is 2.21. The second kappa shape index (κ2) is 9.92. The van der Waals surface area contributed by atoms with Crippen LogP contribution in [0, 0.1) is 6.92 Å². The number of aryl methyl sites for hydroxylation is 4. The first-order valence-electron chi connectivity index (χ1n) is 9.35. The Hall–Kier alpha value is -2.62. The van der Waals surface area contributed by atoms with Gasteiger partial charge in [-0.05, 0) is 43.9 Å². The van der Waals surface area contributed by atoms with Crippen molar-refractivity contribution < 1.29 is 13.2 Å². The molecule has 0 aliphatic carbocycles. The lowest BCUT2D eigenvalue weighted by Gasteiger charge is -2.09. The molecular formula is C20H22ClN5O3S. The topological polar surface area (TPSA) is 121 Å². The Balaban J connectivity index is 1.60. The highest BCUT2D eigenvalue weighted by Gasteiger charge is 2.07. The Morgan fingerprint density at radius 3 is 2.40 bits per heavy atom. The molecule has 0 radical (unpaired) electrons. The fourth-order valence-corrected chi connectivity index (χ4v) is 3.45. The van der Waals surface area contributed by atoms with Crippen LogP contribution in [0.25, 0.3) is 0 Å². The van der Waals surface area contributed by atoms with Crippen LogP contribution < -0.4 is 9.88 Å². The maximum Gasteiger partial charge on any atom is 0.222 e. The van der Waals surface area contributed by atoms with Crippen molar-refractivity contribution in [3.8, 4) is 11.6 Å². The van der Waals surface area contributed by atoms with Crippen LogP contribution in [0.1, 0.15) is 29.3 Å². The molecule has 2 N–H and O–H groups in total. The van der Waals surface area contributed by atoms with Crippen molar-refractivity contribution in [3.63, 3.8) is 0 Å². The van der Waals surface area contributed by atoms with Gasteiger partial charge >= 0.3 is 0 Å². The number of benzene rings is 1. The molecule has 2 heterocycles. The Morgan fingerprint density at radius 1 is 1.03 bits per heavy atom. The molecule has 3 aromatic rings. The fraction of sp³-hybridized carbons (Fsp3) is 0.300. The molecule has 0 bridgehead atoms. The van der Waals surface area contributed by atoms with E-state index in [1.54, 1.807) is 18.5 Å². The number of primary sulfonamides is 1. The highest BCUT2D eigenvalue weighted by atomic mass is 35.5. The normalized spacial score (nSPS) is 11.4. The van der Waals surface area contributed by atoms with Crippen molar-refractivity contribution in [2.45, 2.75) is 32.6 Å². The summed E-state index contributed by atoms with van der Waals surface area (Å²) in [5.74, 6) is 2.36. The summed E-state index contributed by atoms with van der Waals surface area (Å²) < 4.78 is 27.9. The summed E-state index contributed by atoms with van der Waals surface area (Å²) in [7, 11) is -3.43. The van der Waals surface area contributed by atoms with Crippen LogP contribution in [0.15, 0.2) is 42.7 Å². The van der Waals surface area contributed by atoms with E-state index in [1.807, 2.05) is 31.2 Å². The Kier molecular flexibility index (Phi) is 7.30. The van der Waals surface area contributed by atoms with Gasteiger partial charge in [0.15, 0.2) is 0 Å². The van der Waals surface area contributed by atoms with Gasteiger partial charge in [0, 0.05) is 30.6 Å². The maximum atomic E-state index is 11.0.